The molecule has 0 radical (unpaired) electrons. The maximum Gasteiger partial charge on any atom is 0.308 e. The summed E-state index contributed by atoms with van der Waals surface area (Å²) in [5, 5.41) is 19.6. The van der Waals surface area contributed by atoms with E-state index in [1.54, 1.807) is 11.3 Å². The zero-order valence-electron chi connectivity index (χ0n) is 14.8. The number of nitrogens with one attached hydrogen (secondary N) is 1. The smallest absolute Gasteiger partial charge is 0.308 e. The van der Waals surface area contributed by atoms with Crippen LogP contribution >= 0.6 is 11.3 Å². The molecule has 1 N–H and O–H groups in total. The van der Waals surface area contributed by atoms with E-state index in [0.717, 1.165) is 26.4 Å². The number of carbonyl (C=O) groups excluding carboxylic acids is 1. The Morgan fingerprint density at radius 1 is 1.14 bits per heavy atom. The van der Waals surface area contributed by atoms with E-state index in [-0.39, 0.29) is 18.9 Å². The van der Waals surface area contributed by atoms with E-state index in [2.05, 4.69) is 44.8 Å². The van der Waals surface area contributed by atoms with Gasteiger partial charge in [0.25, 0.3) is 0 Å². The zero-order valence-corrected chi connectivity index (χ0v) is 15.6. The van der Waals surface area contributed by atoms with Gasteiger partial charge < -0.3 is 9.73 Å². The van der Waals surface area contributed by atoms with Gasteiger partial charge in [-0.2, -0.15) is 5.26 Å². The lowest BCUT2D eigenvalue weighted by Gasteiger charge is -2.00. The third-order valence-electron chi connectivity index (χ3n) is 4.03. The van der Waals surface area contributed by atoms with Crippen LogP contribution in [0, 0.1) is 11.3 Å². The Hall–Kier alpha value is -3.57. The molecule has 0 fully saturated rings. The average molecular weight is 389 g/mol. The summed E-state index contributed by atoms with van der Waals surface area (Å²) < 4.78 is 6.49. The van der Waals surface area contributed by atoms with Crippen molar-refractivity contribution in [3.05, 3.63) is 65.3 Å². The van der Waals surface area contributed by atoms with Crippen molar-refractivity contribution in [1.29, 1.82) is 5.26 Å². The molecule has 7 nitrogen and oxygen atoms in total. The van der Waals surface area contributed by atoms with Crippen LogP contribution in [0.3, 0.4) is 0 Å². The van der Waals surface area contributed by atoms with Gasteiger partial charge in [-0.3, -0.25) is 4.79 Å². The number of amides is 1. The summed E-state index contributed by atoms with van der Waals surface area (Å²) in [6, 6.07) is 18.3. The molecule has 2 heterocycles. The van der Waals surface area contributed by atoms with Crippen LogP contribution < -0.4 is 5.32 Å². The van der Waals surface area contributed by atoms with Crippen molar-refractivity contribution in [2.45, 2.75) is 12.8 Å². The number of rotatable bonds is 6. The molecule has 0 saturated carbocycles. The van der Waals surface area contributed by atoms with E-state index in [0.29, 0.717) is 12.3 Å². The van der Waals surface area contributed by atoms with E-state index >= 15 is 0 Å². The van der Waals surface area contributed by atoms with Crippen molar-refractivity contribution < 1.29 is 9.21 Å². The Bertz CT molecular complexity index is 1160. The topological polar surface area (TPSA) is 105 Å². The molecule has 138 valence electrons. The van der Waals surface area contributed by atoms with Gasteiger partial charge in [-0.15, -0.1) is 21.5 Å². The highest BCUT2D eigenvalue weighted by atomic mass is 32.1. The number of aromatic nitrogens is 3. The summed E-state index contributed by atoms with van der Waals surface area (Å²) in [7, 11) is 0. The van der Waals surface area contributed by atoms with Crippen molar-refractivity contribution in [3.8, 4) is 17.2 Å². The Kier molecular flexibility index (Phi) is 5.08. The van der Waals surface area contributed by atoms with Crippen molar-refractivity contribution in [2.24, 2.45) is 0 Å². The van der Waals surface area contributed by atoms with Gasteiger partial charge in [-0.05, 0) is 23.3 Å². The molecule has 0 aliphatic rings. The lowest BCUT2D eigenvalue weighted by atomic mass is 10.1. The largest absolute Gasteiger partial charge is 0.416 e. The third kappa shape index (κ3) is 3.89. The Morgan fingerprint density at radius 2 is 2.00 bits per heavy atom. The quantitative estimate of drug-likeness (QED) is 0.505. The van der Waals surface area contributed by atoms with Crippen LogP contribution in [0.2, 0.25) is 0 Å². The van der Waals surface area contributed by atoms with Crippen molar-refractivity contribution >= 4 is 27.5 Å². The molecule has 2 aromatic heterocycles. The van der Waals surface area contributed by atoms with E-state index in [9.17, 15) is 4.79 Å². The fraction of sp³-hybridized carbons (Fsp3) is 0.150. The molecule has 4 aromatic rings. The van der Waals surface area contributed by atoms with Gasteiger partial charge in [0.1, 0.15) is 5.01 Å². The molecule has 28 heavy (non-hydrogen) atoms. The van der Waals surface area contributed by atoms with Gasteiger partial charge in [0, 0.05) is 6.54 Å². The molecule has 0 aliphatic heterocycles. The summed E-state index contributed by atoms with van der Waals surface area (Å²) in [4.78, 5) is 16.5. The number of benzene rings is 2. The second kappa shape index (κ2) is 7.98. The predicted octanol–water partition coefficient (Wildman–Crippen LogP) is 3.58. The summed E-state index contributed by atoms with van der Waals surface area (Å²) in [6.07, 6.45) is 0.585. The van der Waals surface area contributed by atoms with Crippen LogP contribution in [-0.2, 0) is 6.42 Å². The minimum atomic E-state index is -0.481. The molecular formula is C20H15N5O2S. The standard InChI is InChI=1S/C20H15N5O2S/c21-9-4-10-22-19(26)20-25-24-17(27-20)12-18-23-15-8-7-14(11-16(15)28-18)13-5-2-1-3-6-13/h1-3,5-8,11H,4,10,12H2,(H,22,26). The van der Waals surface area contributed by atoms with Gasteiger partial charge in [-0.1, -0.05) is 36.4 Å². The minimum absolute atomic E-state index is 0.111. The van der Waals surface area contributed by atoms with E-state index in [1.165, 1.54) is 0 Å². The van der Waals surface area contributed by atoms with Crippen LogP contribution in [0.25, 0.3) is 21.3 Å². The highest BCUT2D eigenvalue weighted by molar-refractivity contribution is 7.18. The summed E-state index contributed by atoms with van der Waals surface area (Å²) in [5.74, 6) is -0.265. The first kappa shape index (κ1) is 17.8. The number of hydrogen-bond donors (Lipinski definition) is 1. The first-order valence-electron chi connectivity index (χ1n) is 8.65. The Morgan fingerprint density at radius 3 is 2.82 bits per heavy atom. The van der Waals surface area contributed by atoms with E-state index in [4.69, 9.17) is 9.68 Å². The number of nitriles is 1. The first-order valence-corrected chi connectivity index (χ1v) is 9.47. The van der Waals surface area contributed by atoms with E-state index in [1.807, 2.05) is 30.3 Å². The van der Waals surface area contributed by atoms with Crippen LogP contribution in [0.5, 0.6) is 0 Å². The number of carbonyl (C=O) groups is 1. The van der Waals surface area contributed by atoms with Gasteiger partial charge >= 0.3 is 11.8 Å². The molecule has 0 aliphatic carbocycles. The molecule has 0 atom stereocenters. The second-order valence-corrected chi connectivity index (χ2v) is 7.11. The Labute approximate surface area is 164 Å². The molecular weight excluding hydrogens is 374 g/mol. The molecule has 0 bridgehead atoms. The fourth-order valence-corrected chi connectivity index (χ4v) is 3.71. The number of fused-ring (bicyclic) bond motifs is 1. The SMILES string of the molecule is N#CCCNC(=O)c1nnc(Cc2nc3ccc(-c4ccccc4)cc3s2)o1. The maximum absolute atomic E-state index is 11.9. The number of thiazole rings is 1. The van der Waals surface area contributed by atoms with Crippen molar-refractivity contribution in [1.82, 2.24) is 20.5 Å². The Balaban J connectivity index is 1.50. The van der Waals surface area contributed by atoms with Crippen LogP contribution in [0.1, 0.15) is 28.0 Å². The number of hydrogen-bond acceptors (Lipinski definition) is 7. The molecule has 1 amide bonds. The lowest BCUT2D eigenvalue weighted by molar-refractivity contribution is 0.0918. The highest BCUT2D eigenvalue weighted by Crippen LogP contribution is 2.29. The van der Waals surface area contributed by atoms with Gasteiger partial charge in [0.05, 0.1) is 29.1 Å². The lowest BCUT2D eigenvalue weighted by Crippen LogP contribution is -2.24. The first-order chi connectivity index (χ1) is 13.7. The van der Waals surface area contributed by atoms with Crippen LogP contribution in [0.4, 0.5) is 0 Å². The maximum atomic E-state index is 11.9. The summed E-state index contributed by atoms with van der Waals surface area (Å²) in [5.41, 5.74) is 3.20. The summed E-state index contributed by atoms with van der Waals surface area (Å²) >= 11 is 1.56. The molecule has 4 rings (SSSR count). The van der Waals surface area contributed by atoms with Crippen molar-refractivity contribution in [3.63, 3.8) is 0 Å². The van der Waals surface area contributed by atoms with Gasteiger partial charge in [0.15, 0.2) is 0 Å². The van der Waals surface area contributed by atoms with Gasteiger partial charge in [-0.25, -0.2) is 4.98 Å². The monoisotopic (exact) mass is 389 g/mol. The third-order valence-corrected chi connectivity index (χ3v) is 5.04. The van der Waals surface area contributed by atoms with Gasteiger partial charge in [0.2, 0.25) is 5.89 Å². The number of nitrogens with zero attached hydrogens (tertiary/aromatic N) is 4. The summed E-state index contributed by atoms with van der Waals surface area (Å²) in [6.45, 7) is 0.245. The van der Waals surface area contributed by atoms with E-state index < -0.39 is 5.91 Å². The highest BCUT2D eigenvalue weighted by Gasteiger charge is 2.16. The van der Waals surface area contributed by atoms with Crippen LogP contribution in [-0.4, -0.2) is 27.6 Å². The zero-order chi connectivity index (χ0) is 19.3. The van der Waals surface area contributed by atoms with Crippen LogP contribution in [0.15, 0.2) is 52.9 Å². The molecule has 0 spiro atoms. The predicted molar refractivity (Wildman–Crippen MR) is 105 cm³/mol. The molecule has 2 aromatic carbocycles. The molecule has 0 unspecified atom stereocenters. The normalized spacial score (nSPS) is 10.7. The average Bonchev–Trinajstić information content (AvgIpc) is 3.35. The molecule has 8 heteroatoms. The minimum Gasteiger partial charge on any atom is -0.416 e. The fourth-order valence-electron chi connectivity index (χ4n) is 2.71. The van der Waals surface area contributed by atoms with Crippen molar-refractivity contribution in [2.75, 3.05) is 6.54 Å². The molecule has 0 saturated heterocycles. The second-order valence-electron chi connectivity index (χ2n) is 6.00.